The van der Waals surface area contributed by atoms with Gasteiger partial charge in [0.05, 0.1) is 17.0 Å². The van der Waals surface area contributed by atoms with Crippen molar-refractivity contribution in [1.29, 1.82) is 0 Å². The molecule has 0 spiro atoms. The van der Waals surface area contributed by atoms with Crippen LogP contribution in [0.1, 0.15) is 28.9 Å². The van der Waals surface area contributed by atoms with Gasteiger partial charge < -0.3 is 4.90 Å². The Balaban J connectivity index is 1.96. The van der Waals surface area contributed by atoms with Gasteiger partial charge in [0, 0.05) is 30.2 Å². The number of carbonyl (C=O) groups is 1. The van der Waals surface area contributed by atoms with Crippen molar-refractivity contribution < 1.29 is 22.4 Å². The Morgan fingerprint density at radius 3 is 2.75 bits per heavy atom. The number of rotatable bonds is 1. The molecule has 0 unspecified atom stereocenters. The van der Waals surface area contributed by atoms with Crippen LogP contribution in [0, 0.1) is 18.7 Å². The lowest BCUT2D eigenvalue weighted by atomic mass is 9.96. The molecule has 1 fully saturated rings. The van der Waals surface area contributed by atoms with E-state index in [2.05, 4.69) is 4.98 Å². The van der Waals surface area contributed by atoms with Crippen molar-refractivity contribution in [2.24, 2.45) is 5.92 Å². The monoisotopic (exact) mass is 340 g/mol. The highest BCUT2D eigenvalue weighted by Gasteiger charge is 2.42. The molecule has 1 aliphatic heterocycles. The second-order valence-electron chi connectivity index (χ2n) is 6.10. The number of hydrogen-bond donors (Lipinski definition) is 0. The number of aromatic nitrogens is 1. The Morgan fingerprint density at radius 2 is 2.04 bits per heavy atom. The van der Waals surface area contributed by atoms with E-state index >= 15 is 0 Å². The second-order valence-corrected chi connectivity index (χ2v) is 6.10. The van der Waals surface area contributed by atoms with Gasteiger partial charge in [-0.3, -0.25) is 9.78 Å². The molecule has 24 heavy (non-hydrogen) atoms. The fraction of sp³-hybridized carbons (Fsp3) is 0.412. The zero-order valence-corrected chi connectivity index (χ0v) is 13.0. The Hall–Kier alpha value is -2.18. The predicted molar refractivity (Wildman–Crippen MR) is 81.1 cm³/mol. The maximum atomic E-state index is 13.4. The average molecular weight is 340 g/mol. The first-order chi connectivity index (χ1) is 11.3. The first-order valence-corrected chi connectivity index (χ1v) is 7.68. The number of nitrogens with zero attached hydrogens (tertiary/aromatic N) is 2. The van der Waals surface area contributed by atoms with Gasteiger partial charge in [0.2, 0.25) is 0 Å². The van der Waals surface area contributed by atoms with Crippen molar-refractivity contribution >= 4 is 16.8 Å². The molecule has 3 rings (SSSR count). The molecule has 1 aromatic carbocycles. The van der Waals surface area contributed by atoms with Gasteiger partial charge in [-0.15, -0.1) is 0 Å². The number of halogens is 4. The molecule has 3 nitrogen and oxygen atoms in total. The number of pyridine rings is 1. The van der Waals surface area contributed by atoms with Crippen LogP contribution < -0.4 is 0 Å². The number of carbonyl (C=O) groups excluding carboxylic acids is 1. The van der Waals surface area contributed by atoms with Gasteiger partial charge in [-0.05, 0) is 38.0 Å². The van der Waals surface area contributed by atoms with E-state index in [1.165, 1.54) is 23.1 Å². The Morgan fingerprint density at radius 1 is 1.29 bits per heavy atom. The lowest BCUT2D eigenvalue weighted by Gasteiger charge is -2.34. The number of hydrogen-bond acceptors (Lipinski definition) is 2. The molecule has 7 heteroatoms. The summed E-state index contributed by atoms with van der Waals surface area (Å²) < 4.78 is 52.2. The van der Waals surface area contributed by atoms with E-state index in [4.69, 9.17) is 0 Å². The summed E-state index contributed by atoms with van der Waals surface area (Å²) >= 11 is 0. The van der Waals surface area contributed by atoms with Gasteiger partial charge in [0.25, 0.3) is 5.91 Å². The minimum Gasteiger partial charge on any atom is -0.338 e. The molecular formula is C17H16F4N2O. The molecular weight excluding hydrogens is 324 g/mol. The zero-order valence-electron chi connectivity index (χ0n) is 13.0. The Kier molecular flexibility index (Phi) is 4.19. The average Bonchev–Trinajstić information content (AvgIpc) is 2.52. The standard InChI is InChI=1S/C17H16F4N2O/c1-10-7-14(13-5-4-12(18)8-15(13)22-10)16(24)23-6-2-3-11(9-23)17(19,20)21/h4-5,7-8,11H,2-3,6,9H2,1H3/t11-/m0/s1. The fourth-order valence-electron chi connectivity index (χ4n) is 3.11. The summed E-state index contributed by atoms with van der Waals surface area (Å²) in [6, 6.07) is 5.41. The van der Waals surface area contributed by atoms with E-state index in [0.717, 1.165) is 0 Å². The maximum absolute atomic E-state index is 13.4. The summed E-state index contributed by atoms with van der Waals surface area (Å²) in [6.45, 7) is 1.61. The number of fused-ring (bicyclic) bond motifs is 1. The molecule has 2 heterocycles. The first kappa shape index (κ1) is 16.7. The molecule has 0 N–H and O–H groups in total. The SMILES string of the molecule is Cc1cc(C(=O)N2CCC[C@H](C(F)(F)F)C2)c2ccc(F)cc2n1. The van der Waals surface area contributed by atoms with Crippen molar-refractivity contribution in [1.82, 2.24) is 9.88 Å². The van der Waals surface area contributed by atoms with E-state index in [0.29, 0.717) is 23.0 Å². The minimum absolute atomic E-state index is 0.0363. The molecule has 1 aliphatic rings. The van der Waals surface area contributed by atoms with Crippen LogP contribution in [0.5, 0.6) is 0 Å². The predicted octanol–water partition coefficient (Wildman–Crippen LogP) is 4.10. The number of likely N-dealkylation sites (tertiary alicyclic amines) is 1. The van der Waals surface area contributed by atoms with Gasteiger partial charge in [0.15, 0.2) is 0 Å². The normalized spacial score (nSPS) is 18.9. The van der Waals surface area contributed by atoms with Crippen LogP contribution in [0.3, 0.4) is 0 Å². The van der Waals surface area contributed by atoms with E-state index in [1.807, 2.05) is 0 Å². The van der Waals surface area contributed by atoms with Gasteiger partial charge in [0.1, 0.15) is 5.82 Å². The molecule has 1 amide bonds. The highest BCUT2D eigenvalue weighted by Crippen LogP contribution is 2.34. The van der Waals surface area contributed by atoms with Crippen molar-refractivity contribution in [3.63, 3.8) is 0 Å². The highest BCUT2D eigenvalue weighted by molar-refractivity contribution is 6.06. The quantitative estimate of drug-likeness (QED) is 0.733. The van der Waals surface area contributed by atoms with Crippen LogP contribution >= 0.6 is 0 Å². The van der Waals surface area contributed by atoms with Crippen molar-refractivity contribution in [2.75, 3.05) is 13.1 Å². The van der Waals surface area contributed by atoms with Crippen LogP contribution in [0.15, 0.2) is 24.3 Å². The van der Waals surface area contributed by atoms with E-state index < -0.39 is 23.8 Å². The van der Waals surface area contributed by atoms with Gasteiger partial charge in [-0.25, -0.2) is 4.39 Å². The molecule has 0 bridgehead atoms. The van der Waals surface area contributed by atoms with Gasteiger partial charge >= 0.3 is 6.18 Å². The molecule has 1 atom stereocenters. The largest absolute Gasteiger partial charge is 0.393 e. The van der Waals surface area contributed by atoms with E-state index in [9.17, 15) is 22.4 Å². The van der Waals surface area contributed by atoms with Crippen molar-refractivity contribution in [2.45, 2.75) is 25.9 Å². The highest BCUT2D eigenvalue weighted by atomic mass is 19.4. The summed E-state index contributed by atoms with van der Waals surface area (Å²) in [5, 5.41) is 0.445. The number of piperidine rings is 1. The van der Waals surface area contributed by atoms with Crippen LogP contribution in [0.2, 0.25) is 0 Å². The topological polar surface area (TPSA) is 33.2 Å². The molecule has 1 saturated heterocycles. The van der Waals surface area contributed by atoms with E-state index in [1.54, 1.807) is 13.0 Å². The molecule has 128 valence electrons. The lowest BCUT2D eigenvalue weighted by molar-refractivity contribution is -0.184. The number of benzene rings is 1. The van der Waals surface area contributed by atoms with Crippen LogP contribution in [-0.2, 0) is 0 Å². The summed E-state index contributed by atoms with van der Waals surface area (Å²) in [7, 11) is 0. The zero-order chi connectivity index (χ0) is 17.5. The van der Waals surface area contributed by atoms with Crippen LogP contribution in [-0.4, -0.2) is 35.1 Å². The summed E-state index contributed by atoms with van der Waals surface area (Å²) in [6.07, 6.45) is -3.96. The molecule has 0 radical (unpaired) electrons. The number of amides is 1. The Bertz CT molecular complexity index is 783. The van der Waals surface area contributed by atoms with Gasteiger partial charge in [-0.1, -0.05) is 0 Å². The maximum Gasteiger partial charge on any atom is 0.393 e. The van der Waals surface area contributed by atoms with Crippen molar-refractivity contribution in [3.8, 4) is 0 Å². The summed E-state index contributed by atoms with van der Waals surface area (Å²) in [5.41, 5.74) is 1.10. The molecule has 2 aromatic rings. The molecule has 0 saturated carbocycles. The number of aryl methyl sites for hydroxylation is 1. The third-order valence-electron chi connectivity index (χ3n) is 4.30. The molecule has 0 aliphatic carbocycles. The van der Waals surface area contributed by atoms with E-state index in [-0.39, 0.29) is 25.1 Å². The number of alkyl halides is 3. The summed E-state index contributed by atoms with van der Waals surface area (Å²) in [4.78, 5) is 18.2. The molecule has 1 aromatic heterocycles. The smallest absolute Gasteiger partial charge is 0.338 e. The third-order valence-corrected chi connectivity index (χ3v) is 4.30. The van der Waals surface area contributed by atoms with Crippen LogP contribution in [0.25, 0.3) is 10.9 Å². The minimum atomic E-state index is -4.31. The first-order valence-electron chi connectivity index (χ1n) is 7.68. The fourth-order valence-corrected chi connectivity index (χ4v) is 3.11. The van der Waals surface area contributed by atoms with Crippen molar-refractivity contribution in [3.05, 3.63) is 41.3 Å². The second kappa shape index (κ2) is 6.03. The van der Waals surface area contributed by atoms with Gasteiger partial charge in [-0.2, -0.15) is 13.2 Å². The lowest BCUT2D eigenvalue weighted by Crippen LogP contribution is -2.44. The Labute approximate surface area is 136 Å². The summed E-state index contributed by atoms with van der Waals surface area (Å²) in [5.74, 6) is -2.44. The van der Waals surface area contributed by atoms with Crippen LogP contribution in [0.4, 0.5) is 17.6 Å². The third kappa shape index (κ3) is 3.20.